The Hall–Kier alpha value is -4.58. The number of benzene rings is 2. The van der Waals surface area contributed by atoms with Crippen molar-refractivity contribution in [3.63, 3.8) is 0 Å². The second-order valence-corrected chi connectivity index (χ2v) is 17.9. The minimum Gasteiger partial charge on any atom is -0.488 e. The first-order valence-electron chi connectivity index (χ1n) is 20.0. The van der Waals surface area contributed by atoms with Gasteiger partial charge in [0.2, 0.25) is 27.7 Å². The molecule has 0 spiro atoms. The van der Waals surface area contributed by atoms with E-state index >= 15 is 0 Å². The highest BCUT2D eigenvalue weighted by atomic mass is 32.2. The summed E-state index contributed by atoms with van der Waals surface area (Å²) in [7, 11) is -3.84. The van der Waals surface area contributed by atoms with Gasteiger partial charge in [-0.3, -0.25) is 23.9 Å². The molecule has 1 saturated heterocycles. The van der Waals surface area contributed by atoms with Gasteiger partial charge >= 0.3 is 0 Å². The number of hydrogen-bond acceptors (Lipinski definition) is 8. The van der Waals surface area contributed by atoms with Crippen molar-refractivity contribution in [2.24, 2.45) is 17.3 Å². The molecule has 3 aromatic rings. The number of nitrogens with zero attached hydrogens (tertiary/aromatic N) is 2. The SMILES string of the molecule is C=C[C@@H]1C[C@]1(CC(=O)[C@@H]1C[C@@H]2CN1C(=O)[C@H](CCCC)CC(=O)NCCCCCc1ccc3nc(-c4ccccc4)cc(c3c1)O2)C(=O)NS(=O)(=O)C1CC1. The van der Waals surface area contributed by atoms with Gasteiger partial charge < -0.3 is 15.0 Å². The summed E-state index contributed by atoms with van der Waals surface area (Å²) in [6.45, 7) is 6.52. The van der Waals surface area contributed by atoms with Crippen molar-refractivity contribution in [3.8, 4) is 17.0 Å². The summed E-state index contributed by atoms with van der Waals surface area (Å²) < 4.78 is 34.7. The van der Waals surface area contributed by atoms with Crippen LogP contribution in [0.25, 0.3) is 22.2 Å². The highest BCUT2D eigenvalue weighted by Crippen LogP contribution is 2.57. The van der Waals surface area contributed by atoms with E-state index in [1.165, 1.54) is 0 Å². The number of allylic oxidation sites excluding steroid dienone is 1. The van der Waals surface area contributed by atoms with Crippen molar-refractivity contribution < 1.29 is 32.3 Å². The number of hydrogen-bond donors (Lipinski definition) is 2. The number of aryl methyl sites for hydroxylation is 1. The highest BCUT2D eigenvalue weighted by molar-refractivity contribution is 7.90. The van der Waals surface area contributed by atoms with Gasteiger partial charge in [-0.1, -0.05) is 68.7 Å². The van der Waals surface area contributed by atoms with Crippen LogP contribution in [0.15, 0.2) is 67.3 Å². The summed E-state index contributed by atoms with van der Waals surface area (Å²) in [4.78, 5) is 62.5. The number of fused-ring (bicyclic) bond motifs is 3. The minimum absolute atomic E-state index is 0.0155. The van der Waals surface area contributed by atoms with E-state index in [1.807, 2.05) is 49.4 Å². The normalized spacial score (nSPS) is 26.1. The Morgan fingerprint density at radius 1 is 1.09 bits per heavy atom. The third-order valence-electron chi connectivity index (χ3n) is 11.8. The summed E-state index contributed by atoms with van der Waals surface area (Å²) in [5, 5.41) is 3.26. The number of ketones is 1. The molecule has 0 unspecified atom stereocenters. The number of carbonyl (C=O) groups excluding carboxylic acids is 4. The lowest BCUT2D eigenvalue weighted by Crippen LogP contribution is -2.47. The zero-order valence-electron chi connectivity index (χ0n) is 31.6. The molecule has 5 atom stereocenters. The molecule has 3 amide bonds. The van der Waals surface area contributed by atoms with Crippen molar-refractivity contribution in [2.45, 2.75) is 108 Å². The lowest BCUT2D eigenvalue weighted by molar-refractivity contribution is -0.143. The van der Waals surface area contributed by atoms with Crippen LogP contribution in [0.2, 0.25) is 0 Å². The first-order chi connectivity index (χ1) is 26.5. The van der Waals surface area contributed by atoms with Crippen molar-refractivity contribution in [2.75, 3.05) is 13.1 Å². The second kappa shape index (κ2) is 16.3. The molecule has 55 heavy (non-hydrogen) atoms. The lowest BCUT2D eigenvalue weighted by atomic mass is 9.90. The van der Waals surface area contributed by atoms with Gasteiger partial charge in [-0.2, -0.15) is 0 Å². The average molecular weight is 769 g/mol. The first-order valence-corrected chi connectivity index (χ1v) is 21.5. The molecular weight excluding hydrogens is 717 g/mol. The van der Waals surface area contributed by atoms with E-state index in [1.54, 1.807) is 11.0 Å². The van der Waals surface area contributed by atoms with Gasteiger partial charge in [-0.15, -0.1) is 6.58 Å². The van der Waals surface area contributed by atoms with Gasteiger partial charge in [0.1, 0.15) is 11.9 Å². The van der Waals surface area contributed by atoms with E-state index in [-0.39, 0.29) is 49.3 Å². The summed E-state index contributed by atoms with van der Waals surface area (Å²) in [5.74, 6) is -1.90. The van der Waals surface area contributed by atoms with Crippen molar-refractivity contribution in [1.29, 1.82) is 0 Å². The van der Waals surface area contributed by atoms with Gasteiger partial charge in [0, 0.05) is 48.7 Å². The molecule has 7 rings (SSSR count). The summed E-state index contributed by atoms with van der Waals surface area (Å²) in [6.07, 6.45) is 7.89. The van der Waals surface area contributed by atoms with Gasteiger partial charge in [0.15, 0.2) is 5.78 Å². The number of carbonyl (C=O) groups is 4. The molecule has 2 aromatic carbocycles. The molecule has 2 N–H and O–H groups in total. The smallest absolute Gasteiger partial charge is 0.240 e. The maximum absolute atomic E-state index is 14.6. The van der Waals surface area contributed by atoms with E-state index in [0.29, 0.717) is 38.0 Å². The number of rotatable bonds is 11. The van der Waals surface area contributed by atoms with Gasteiger partial charge in [0.25, 0.3) is 0 Å². The summed E-state index contributed by atoms with van der Waals surface area (Å²) >= 11 is 0. The van der Waals surface area contributed by atoms with E-state index in [0.717, 1.165) is 66.2 Å². The van der Waals surface area contributed by atoms with Gasteiger partial charge in [-0.05, 0) is 68.6 Å². The quantitative estimate of drug-likeness (QED) is 0.224. The maximum atomic E-state index is 14.6. The number of unbranched alkanes of at least 4 members (excludes halogenated alkanes) is 1. The number of aromatic nitrogens is 1. The molecule has 3 heterocycles. The monoisotopic (exact) mass is 768 g/mol. The van der Waals surface area contributed by atoms with E-state index in [2.05, 4.69) is 28.8 Å². The zero-order chi connectivity index (χ0) is 38.7. The van der Waals surface area contributed by atoms with Crippen LogP contribution in [0.1, 0.15) is 89.5 Å². The molecule has 292 valence electrons. The fourth-order valence-corrected chi connectivity index (χ4v) is 9.71. The average Bonchev–Trinajstić information content (AvgIpc) is 4.11. The molecule has 11 nitrogen and oxygen atoms in total. The van der Waals surface area contributed by atoms with Crippen LogP contribution < -0.4 is 14.8 Å². The first kappa shape index (κ1) is 38.7. The van der Waals surface area contributed by atoms with Gasteiger partial charge in [-0.25, -0.2) is 13.4 Å². The fraction of sp³-hybridized carbons (Fsp3) is 0.512. The third kappa shape index (κ3) is 8.64. The number of pyridine rings is 1. The molecule has 2 aliphatic heterocycles. The van der Waals surface area contributed by atoms with Crippen LogP contribution in [0.3, 0.4) is 0 Å². The summed E-state index contributed by atoms with van der Waals surface area (Å²) in [6, 6.07) is 17.0. The molecule has 12 heteroatoms. The Bertz CT molecular complexity index is 2070. The molecule has 2 aliphatic carbocycles. The van der Waals surface area contributed by atoms with Crippen LogP contribution >= 0.6 is 0 Å². The van der Waals surface area contributed by atoms with Crippen molar-refractivity contribution in [3.05, 3.63) is 72.8 Å². The zero-order valence-corrected chi connectivity index (χ0v) is 32.5. The molecule has 4 aliphatic rings. The number of Topliss-reactive ketones (excluding diaryl/α,β-unsaturated/α-hetero) is 1. The number of amides is 3. The van der Waals surface area contributed by atoms with Crippen LogP contribution in [0, 0.1) is 17.3 Å². The Morgan fingerprint density at radius 3 is 2.62 bits per heavy atom. The van der Waals surface area contributed by atoms with Crippen molar-refractivity contribution >= 4 is 44.4 Å². The van der Waals surface area contributed by atoms with Crippen LogP contribution in [-0.2, 0) is 35.6 Å². The predicted octanol–water partition coefficient (Wildman–Crippen LogP) is 6.05. The minimum atomic E-state index is -3.84. The molecule has 1 aromatic heterocycles. The van der Waals surface area contributed by atoms with E-state index in [9.17, 15) is 27.6 Å². The second-order valence-electron chi connectivity index (χ2n) is 15.9. The maximum Gasteiger partial charge on any atom is 0.240 e. The number of nitrogens with one attached hydrogen (secondary N) is 2. The van der Waals surface area contributed by atoms with Crippen LogP contribution in [-0.4, -0.2) is 72.3 Å². The largest absolute Gasteiger partial charge is 0.488 e. The standard InChI is InChI=1S/C43H52N4O7S/c1-3-5-13-30-22-40(49)44-20-11-7-8-12-28-16-19-35-34(21-28)39(24-36(45-35)29-14-9-6-10-15-29)54-32-23-37(47(27-32)41(30)50)38(48)26-43(25-31(43)4-2)42(51)46-55(52,53)33-17-18-33/h4,6,9-10,14-16,19,21,24,30-33,37H,2-3,5,7-8,11-13,17-18,20,22-23,25-27H2,1H3,(H,44,49)(H,46,51)/t30-,31-,32-,37+,43-/m1/s1. The number of sulfonamides is 1. The number of ether oxygens (including phenoxy) is 1. The highest BCUT2D eigenvalue weighted by Gasteiger charge is 2.61. The summed E-state index contributed by atoms with van der Waals surface area (Å²) in [5.41, 5.74) is 2.31. The molecule has 4 bridgehead atoms. The Labute approximate surface area is 323 Å². The Kier molecular flexibility index (Phi) is 11.4. The Morgan fingerprint density at radius 2 is 1.89 bits per heavy atom. The molecule has 3 fully saturated rings. The fourth-order valence-electron chi connectivity index (χ4n) is 8.32. The Balaban J connectivity index is 1.24. The van der Waals surface area contributed by atoms with Crippen LogP contribution in [0.4, 0.5) is 0 Å². The molecule has 0 radical (unpaired) electrons. The van der Waals surface area contributed by atoms with Gasteiger partial charge in [0.05, 0.1) is 34.5 Å². The van der Waals surface area contributed by atoms with Crippen LogP contribution in [0.5, 0.6) is 5.75 Å². The van der Waals surface area contributed by atoms with E-state index in [4.69, 9.17) is 9.72 Å². The molecular formula is C43H52N4O7S. The molecule has 2 saturated carbocycles. The topological polar surface area (TPSA) is 152 Å². The third-order valence-corrected chi connectivity index (χ3v) is 13.6. The lowest BCUT2D eigenvalue weighted by Gasteiger charge is -2.29. The predicted molar refractivity (Wildman–Crippen MR) is 210 cm³/mol. The van der Waals surface area contributed by atoms with Crippen molar-refractivity contribution in [1.82, 2.24) is 19.9 Å². The van der Waals surface area contributed by atoms with E-state index < -0.39 is 44.7 Å².